The highest BCUT2D eigenvalue weighted by molar-refractivity contribution is 5.91. The molecule has 2 heteroatoms. The summed E-state index contributed by atoms with van der Waals surface area (Å²) < 4.78 is 0. The number of carbonyl (C=O) groups is 1. The van der Waals surface area contributed by atoms with Gasteiger partial charge in [0, 0.05) is 12.5 Å². The Kier molecular flexibility index (Phi) is 4.00. The number of hydrogen-bond donors (Lipinski definition) is 0. The second kappa shape index (κ2) is 6.29. The van der Waals surface area contributed by atoms with Gasteiger partial charge < -0.3 is 4.90 Å². The van der Waals surface area contributed by atoms with E-state index in [0.717, 1.165) is 17.7 Å². The number of Topliss-reactive ketones (excluding diaryl/α,β-unsaturated/α-hetero) is 1. The van der Waals surface area contributed by atoms with Gasteiger partial charge in [-0.05, 0) is 43.0 Å². The van der Waals surface area contributed by atoms with E-state index >= 15 is 0 Å². The summed E-state index contributed by atoms with van der Waals surface area (Å²) in [4.78, 5) is 15.9. The fraction of sp³-hybridized carbons (Fsp3) is 0.381. The van der Waals surface area contributed by atoms with Crippen LogP contribution in [0.2, 0.25) is 0 Å². The first kappa shape index (κ1) is 14.6. The molecule has 3 aliphatic rings. The molecule has 3 fully saturated rings. The van der Waals surface area contributed by atoms with Crippen LogP contribution in [0.1, 0.15) is 29.9 Å². The summed E-state index contributed by atoms with van der Waals surface area (Å²) in [5.74, 6) is 1.07. The first-order chi connectivity index (χ1) is 11.3. The van der Waals surface area contributed by atoms with E-state index < -0.39 is 0 Å². The van der Waals surface area contributed by atoms with Crippen LogP contribution >= 0.6 is 0 Å². The van der Waals surface area contributed by atoms with Gasteiger partial charge in [-0.1, -0.05) is 60.7 Å². The van der Waals surface area contributed by atoms with Gasteiger partial charge in [-0.15, -0.1) is 0 Å². The molecule has 0 aliphatic carbocycles. The second-order valence-corrected chi connectivity index (χ2v) is 6.90. The van der Waals surface area contributed by atoms with E-state index in [0.29, 0.717) is 11.7 Å². The Morgan fingerprint density at radius 1 is 0.870 bits per heavy atom. The van der Waals surface area contributed by atoms with Crippen LogP contribution < -0.4 is 0 Å². The van der Waals surface area contributed by atoms with E-state index in [2.05, 4.69) is 29.2 Å². The summed E-state index contributed by atoms with van der Waals surface area (Å²) in [5.41, 5.74) is 2.25. The zero-order chi connectivity index (χ0) is 15.6. The number of hydrogen-bond acceptors (Lipinski definition) is 2. The third-order valence-electron chi connectivity index (χ3n) is 5.57. The van der Waals surface area contributed by atoms with Crippen molar-refractivity contribution in [2.45, 2.75) is 18.8 Å². The molecule has 0 spiro atoms. The maximum absolute atomic E-state index is 13.5. The lowest BCUT2D eigenvalue weighted by Gasteiger charge is -2.45. The third-order valence-corrected chi connectivity index (χ3v) is 5.57. The Labute approximate surface area is 138 Å². The van der Waals surface area contributed by atoms with E-state index in [9.17, 15) is 4.79 Å². The average molecular weight is 305 g/mol. The molecular weight excluding hydrogens is 282 g/mol. The van der Waals surface area contributed by atoms with Crippen molar-refractivity contribution in [1.29, 1.82) is 0 Å². The van der Waals surface area contributed by atoms with E-state index in [4.69, 9.17) is 0 Å². The minimum atomic E-state index is -0.122. The van der Waals surface area contributed by atoms with Crippen LogP contribution in [0.25, 0.3) is 0 Å². The third kappa shape index (κ3) is 2.84. The van der Waals surface area contributed by atoms with Crippen LogP contribution in [0.4, 0.5) is 0 Å². The molecule has 3 saturated heterocycles. The van der Waals surface area contributed by atoms with Crippen molar-refractivity contribution >= 4 is 5.78 Å². The summed E-state index contributed by atoms with van der Waals surface area (Å²) in [6.45, 7) is 3.31. The standard InChI is InChI=1S/C21H23NO/c23-21(19-15-22-13-11-16(19)12-14-22)20(17-7-3-1-4-8-17)18-9-5-2-6-10-18/h1-10,16,19-20H,11-15H2. The van der Waals surface area contributed by atoms with Crippen LogP contribution in [0.5, 0.6) is 0 Å². The Balaban J connectivity index is 1.69. The molecule has 0 amide bonds. The van der Waals surface area contributed by atoms with Crippen molar-refractivity contribution in [2.24, 2.45) is 11.8 Å². The quantitative estimate of drug-likeness (QED) is 0.858. The molecule has 0 aromatic heterocycles. The number of carbonyl (C=O) groups excluding carboxylic acids is 1. The number of rotatable bonds is 4. The normalized spacial score (nSPS) is 26.4. The van der Waals surface area contributed by atoms with E-state index in [-0.39, 0.29) is 11.8 Å². The average Bonchev–Trinajstić information content (AvgIpc) is 2.64. The molecule has 2 nitrogen and oxygen atoms in total. The van der Waals surface area contributed by atoms with E-state index in [1.54, 1.807) is 0 Å². The van der Waals surface area contributed by atoms with Gasteiger partial charge >= 0.3 is 0 Å². The predicted molar refractivity (Wildman–Crippen MR) is 92.4 cm³/mol. The molecule has 0 saturated carbocycles. The minimum absolute atomic E-state index is 0.122. The number of piperidine rings is 3. The smallest absolute Gasteiger partial charge is 0.149 e. The molecule has 1 unspecified atom stereocenters. The Morgan fingerprint density at radius 2 is 1.39 bits per heavy atom. The lowest BCUT2D eigenvalue weighted by atomic mass is 9.71. The van der Waals surface area contributed by atoms with Crippen LogP contribution in [0.3, 0.4) is 0 Å². The zero-order valence-corrected chi connectivity index (χ0v) is 13.4. The summed E-state index contributed by atoms with van der Waals surface area (Å²) in [7, 11) is 0. The van der Waals surface area contributed by atoms with Gasteiger partial charge in [0.05, 0.1) is 5.92 Å². The minimum Gasteiger partial charge on any atom is -0.303 e. The van der Waals surface area contributed by atoms with Gasteiger partial charge in [-0.25, -0.2) is 0 Å². The van der Waals surface area contributed by atoms with Gasteiger partial charge in [0.1, 0.15) is 5.78 Å². The Bertz CT molecular complexity index is 619. The highest BCUT2D eigenvalue weighted by atomic mass is 16.1. The Hall–Kier alpha value is -1.93. The lowest BCUT2D eigenvalue weighted by molar-refractivity contribution is -0.129. The second-order valence-electron chi connectivity index (χ2n) is 6.90. The van der Waals surface area contributed by atoms with Crippen LogP contribution in [-0.2, 0) is 4.79 Å². The molecule has 2 aromatic rings. The number of nitrogens with zero attached hydrogens (tertiary/aromatic N) is 1. The number of benzene rings is 2. The SMILES string of the molecule is O=C(C(c1ccccc1)c1ccccc1)C1CN2CCC1CC2. The molecule has 0 radical (unpaired) electrons. The molecule has 3 heterocycles. The molecule has 2 bridgehead atoms. The highest BCUT2D eigenvalue weighted by Gasteiger charge is 2.41. The zero-order valence-electron chi connectivity index (χ0n) is 13.4. The van der Waals surface area contributed by atoms with Crippen molar-refractivity contribution in [3.8, 4) is 0 Å². The maximum Gasteiger partial charge on any atom is 0.149 e. The maximum atomic E-state index is 13.5. The first-order valence-corrected chi connectivity index (χ1v) is 8.69. The Morgan fingerprint density at radius 3 is 1.83 bits per heavy atom. The van der Waals surface area contributed by atoms with Gasteiger partial charge in [0.25, 0.3) is 0 Å². The van der Waals surface area contributed by atoms with Crippen molar-refractivity contribution in [2.75, 3.05) is 19.6 Å². The summed E-state index contributed by atoms with van der Waals surface area (Å²) in [6, 6.07) is 20.6. The predicted octanol–water partition coefficient (Wildman–Crippen LogP) is 3.73. The molecule has 3 aliphatic heterocycles. The van der Waals surface area contributed by atoms with Gasteiger partial charge in [0.2, 0.25) is 0 Å². The van der Waals surface area contributed by atoms with E-state index in [1.807, 2.05) is 36.4 Å². The van der Waals surface area contributed by atoms with Crippen molar-refractivity contribution in [1.82, 2.24) is 4.90 Å². The molecule has 118 valence electrons. The van der Waals surface area contributed by atoms with Crippen LogP contribution in [0.15, 0.2) is 60.7 Å². The van der Waals surface area contributed by atoms with Gasteiger partial charge in [0.15, 0.2) is 0 Å². The van der Waals surface area contributed by atoms with Crippen LogP contribution in [-0.4, -0.2) is 30.3 Å². The summed E-state index contributed by atoms with van der Waals surface area (Å²) in [6.07, 6.45) is 2.37. The molecule has 23 heavy (non-hydrogen) atoms. The molecule has 0 N–H and O–H groups in total. The molecular formula is C21H23NO. The summed E-state index contributed by atoms with van der Waals surface area (Å²) >= 11 is 0. The van der Waals surface area contributed by atoms with Gasteiger partial charge in [-0.3, -0.25) is 4.79 Å². The largest absolute Gasteiger partial charge is 0.303 e. The van der Waals surface area contributed by atoms with E-state index in [1.165, 1.54) is 25.9 Å². The molecule has 1 atom stereocenters. The van der Waals surface area contributed by atoms with Crippen molar-refractivity contribution in [3.05, 3.63) is 71.8 Å². The van der Waals surface area contributed by atoms with Gasteiger partial charge in [-0.2, -0.15) is 0 Å². The number of ketones is 1. The van der Waals surface area contributed by atoms with Crippen LogP contribution in [0, 0.1) is 11.8 Å². The number of fused-ring (bicyclic) bond motifs is 3. The lowest BCUT2D eigenvalue weighted by Crippen LogP contribution is -2.51. The topological polar surface area (TPSA) is 20.3 Å². The summed E-state index contributed by atoms with van der Waals surface area (Å²) in [5, 5.41) is 0. The monoisotopic (exact) mass is 305 g/mol. The fourth-order valence-corrected chi connectivity index (χ4v) is 4.31. The fourth-order valence-electron chi connectivity index (χ4n) is 4.31. The first-order valence-electron chi connectivity index (χ1n) is 8.69. The van der Waals surface area contributed by atoms with Crippen molar-refractivity contribution in [3.63, 3.8) is 0 Å². The molecule has 5 rings (SSSR count). The van der Waals surface area contributed by atoms with Crippen molar-refractivity contribution < 1.29 is 4.79 Å². The highest BCUT2D eigenvalue weighted by Crippen LogP contribution is 2.38. The molecule has 2 aromatic carbocycles.